The zero-order chi connectivity index (χ0) is 17.4. The van der Waals surface area contributed by atoms with Gasteiger partial charge in [-0.15, -0.1) is 0 Å². The number of carbonyl (C=O) groups excluding carboxylic acids is 2. The number of amides is 1. The first-order valence-corrected chi connectivity index (χ1v) is 10.7. The SMILES string of the molecule is O=C([O-])C1C2CCC(C2)C1C(=O)N(C1CCCCC1)C1CCCCC1.[Na+]. The third-order valence-electron chi connectivity index (χ3n) is 7.66. The number of nitrogens with zero attached hydrogens (tertiary/aromatic N) is 1. The van der Waals surface area contributed by atoms with E-state index < -0.39 is 11.9 Å². The largest absolute Gasteiger partial charge is 1.00 e. The fraction of sp³-hybridized carbons (Fsp3) is 0.905. The second-order valence-corrected chi connectivity index (χ2v) is 9.03. The van der Waals surface area contributed by atoms with E-state index in [2.05, 4.69) is 4.90 Å². The Morgan fingerprint density at radius 3 is 1.62 bits per heavy atom. The minimum atomic E-state index is -0.974. The van der Waals surface area contributed by atoms with Crippen LogP contribution in [-0.2, 0) is 9.59 Å². The molecule has 4 nitrogen and oxygen atoms in total. The van der Waals surface area contributed by atoms with Gasteiger partial charge in [0.05, 0.1) is 0 Å². The Labute approximate surface area is 179 Å². The molecule has 4 atom stereocenters. The Bertz CT molecular complexity index is 495. The molecule has 0 spiro atoms. The molecule has 0 radical (unpaired) electrons. The molecule has 0 aromatic rings. The van der Waals surface area contributed by atoms with Crippen LogP contribution in [0.1, 0.15) is 83.5 Å². The first-order valence-electron chi connectivity index (χ1n) is 10.7. The second-order valence-electron chi connectivity index (χ2n) is 9.03. The molecule has 4 rings (SSSR count). The van der Waals surface area contributed by atoms with Crippen molar-refractivity contribution in [2.24, 2.45) is 23.7 Å². The van der Waals surface area contributed by atoms with Gasteiger partial charge in [-0.25, -0.2) is 0 Å². The van der Waals surface area contributed by atoms with Crippen LogP contribution >= 0.6 is 0 Å². The van der Waals surface area contributed by atoms with Crippen molar-refractivity contribution in [2.45, 2.75) is 95.6 Å². The van der Waals surface area contributed by atoms with E-state index in [1.807, 2.05) is 0 Å². The Balaban J connectivity index is 0.00000196. The Morgan fingerprint density at radius 2 is 1.15 bits per heavy atom. The first kappa shape index (κ1) is 20.7. The fourth-order valence-electron chi connectivity index (χ4n) is 6.53. The summed E-state index contributed by atoms with van der Waals surface area (Å²) in [7, 11) is 0. The average molecular weight is 369 g/mol. The number of fused-ring (bicyclic) bond motifs is 2. The van der Waals surface area contributed by atoms with Gasteiger partial charge in [0.25, 0.3) is 0 Å². The van der Waals surface area contributed by atoms with Gasteiger partial charge < -0.3 is 14.8 Å². The maximum atomic E-state index is 13.7. The van der Waals surface area contributed by atoms with E-state index in [0.717, 1.165) is 44.9 Å². The normalized spacial score (nSPS) is 35.1. The summed E-state index contributed by atoms with van der Waals surface area (Å²) in [6.07, 6.45) is 14.8. The van der Waals surface area contributed by atoms with Gasteiger partial charge in [0.1, 0.15) is 0 Å². The van der Waals surface area contributed by atoms with Crippen LogP contribution in [0.2, 0.25) is 0 Å². The van der Waals surface area contributed by atoms with E-state index in [9.17, 15) is 14.7 Å². The number of carbonyl (C=O) groups is 2. The molecule has 4 fully saturated rings. The van der Waals surface area contributed by atoms with E-state index in [-0.39, 0.29) is 53.2 Å². The van der Waals surface area contributed by atoms with E-state index in [1.165, 1.54) is 38.5 Å². The molecule has 1 amide bonds. The molecule has 26 heavy (non-hydrogen) atoms. The molecular weight excluding hydrogens is 337 g/mol. The Hall–Kier alpha value is -0.0600. The molecule has 0 aromatic heterocycles. The van der Waals surface area contributed by atoms with Gasteiger partial charge in [-0.3, -0.25) is 4.79 Å². The van der Waals surface area contributed by atoms with Crippen molar-refractivity contribution < 1.29 is 44.3 Å². The van der Waals surface area contributed by atoms with Crippen LogP contribution in [0.3, 0.4) is 0 Å². The van der Waals surface area contributed by atoms with Crippen LogP contribution in [0.4, 0.5) is 0 Å². The minimum absolute atomic E-state index is 0. The monoisotopic (exact) mass is 369 g/mol. The molecule has 4 saturated carbocycles. The summed E-state index contributed by atoms with van der Waals surface area (Å²) in [4.78, 5) is 27.7. The summed E-state index contributed by atoms with van der Waals surface area (Å²) in [5.74, 6) is -1.15. The summed E-state index contributed by atoms with van der Waals surface area (Å²) in [5.41, 5.74) is 0. The van der Waals surface area contributed by atoms with Crippen molar-refractivity contribution in [1.29, 1.82) is 0 Å². The van der Waals surface area contributed by atoms with Crippen molar-refractivity contribution in [3.63, 3.8) is 0 Å². The average Bonchev–Trinajstić information content (AvgIpc) is 3.25. The molecule has 0 aliphatic heterocycles. The van der Waals surface area contributed by atoms with E-state index in [0.29, 0.717) is 12.1 Å². The molecule has 2 bridgehead atoms. The minimum Gasteiger partial charge on any atom is -0.550 e. The molecule has 4 unspecified atom stereocenters. The third kappa shape index (κ3) is 3.89. The smallest absolute Gasteiger partial charge is 0.550 e. The quantitative estimate of drug-likeness (QED) is 0.650. The maximum absolute atomic E-state index is 13.7. The van der Waals surface area contributed by atoms with Gasteiger partial charge in [-0.2, -0.15) is 0 Å². The van der Waals surface area contributed by atoms with Crippen molar-refractivity contribution in [1.82, 2.24) is 4.90 Å². The molecule has 140 valence electrons. The number of rotatable bonds is 4. The summed E-state index contributed by atoms with van der Waals surface area (Å²) in [5, 5.41) is 11.8. The summed E-state index contributed by atoms with van der Waals surface area (Å²) >= 11 is 0. The predicted octanol–water partition coefficient (Wildman–Crippen LogP) is -0.103. The molecule has 5 heteroatoms. The summed E-state index contributed by atoms with van der Waals surface area (Å²) in [6, 6.07) is 0.705. The maximum Gasteiger partial charge on any atom is 1.00 e. The molecule has 0 heterocycles. The Morgan fingerprint density at radius 1 is 0.692 bits per heavy atom. The van der Waals surface area contributed by atoms with Crippen molar-refractivity contribution >= 4 is 11.9 Å². The topological polar surface area (TPSA) is 60.4 Å². The molecule has 0 N–H and O–H groups in total. The van der Waals surface area contributed by atoms with Crippen LogP contribution in [-0.4, -0.2) is 28.9 Å². The Kier molecular flexibility index (Phi) is 7.12. The molecular formula is C21H32NNaO3. The third-order valence-corrected chi connectivity index (χ3v) is 7.66. The van der Waals surface area contributed by atoms with Crippen molar-refractivity contribution in [3.8, 4) is 0 Å². The van der Waals surface area contributed by atoms with Gasteiger partial charge in [-0.05, 0) is 56.8 Å². The number of carboxylic acids is 1. The van der Waals surface area contributed by atoms with Gasteiger partial charge in [0, 0.05) is 29.9 Å². The number of hydrogen-bond donors (Lipinski definition) is 0. The van der Waals surface area contributed by atoms with Crippen LogP contribution in [0.5, 0.6) is 0 Å². The summed E-state index contributed by atoms with van der Waals surface area (Å²) < 4.78 is 0. The molecule has 0 aromatic carbocycles. The molecule has 4 aliphatic rings. The van der Waals surface area contributed by atoms with Crippen molar-refractivity contribution in [3.05, 3.63) is 0 Å². The van der Waals surface area contributed by atoms with E-state index in [1.54, 1.807) is 0 Å². The first-order chi connectivity index (χ1) is 12.2. The zero-order valence-corrected chi connectivity index (χ0v) is 18.3. The van der Waals surface area contributed by atoms with Crippen LogP contribution < -0.4 is 34.7 Å². The summed E-state index contributed by atoms with van der Waals surface area (Å²) in [6.45, 7) is 0. The van der Waals surface area contributed by atoms with Gasteiger partial charge in [0.2, 0.25) is 5.91 Å². The number of aliphatic carboxylic acids is 1. The van der Waals surface area contributed by atoms with Gasteiger partial charge >= 0.3 is 29.6 Å². The van der Waals surface area contributed by atoms with Crippen molar-refractivity contribution in [2.75, 3.05) is 0 Å². The standard InChI is InChI=1S/C21H33NO3.Na/c23-20(18-14-11-12-15(13-14)19(18)21(24)25)22(16-7-3-1-4-8-16)17-9-5-2-6-10-17;/h14-19H,1-13H2,(H,24,25);/q;+1/p-1. The van der Waals surface area contributed by atoms with Crippen LogP contribution in [0.15, 0.2) is 0 Å². The zero-order valence-electron chi connectivity index (χ0n) is 16.3. The fourth-order valence-corrected chi connectivity index (χ4v) is 6.53. The van der Waals surface area contributed by atoms with Crippen LogP contribution in [0.25, 0.3) is 0 Å². The number of hydrogen-bond acceptors (Lipinski definition) is 3. The molecule has 0 saturated heterocycles. The molecule has 4 aliphatic carbocycles. The van der Waals surface area contributed by atoms with Crippen LogP contribution in [0, 0.1) is 23.7 Å². The van der Waals surface area contributed by atoms with E-state index >= 15 is 0 Å². The van der Waals surface area contributed by atoms with Gasteiger partial charge in [-0.1, -0.05) is 38.5 Å². The predicted molar refractivity (Wildman–Crippen MR) is 93.4 cm³/mol. The van der Waals surface area contributed by atoms with Gasteiger partial charge in [0.15, 0.2) is 0 Å². The number of carboxylic acid groups (broad SMARTS) is 1. The van der Waals surface area contributed by atoms with E-state index in [4.69, 9.17) is 0 Å². The second kappa shape index (κ2) is 8.96.